The van der Waals surface area contributed by atoms with Crippen LogP contribution in [0.15, 0.2) is 42.5 Å². The lowest BCUT2D eigenvalue weighted by atomic mass is 10.1. The van der Waals surface area contributed by atoms with Crippen LogP contribution in [0.25, 0.3) is 0 Å². The summed E-state index contributed by atoms with van der Waals surface area (Å²) in [4.78, 5) is 28.5. The van der Waals surface area contributed by atoms with Crippen LogP contribution in [-0.4, -0.2) is 56.6 Å². The van der Waals surface area contributed by atoms with E-state index in [1.807, 2.05) is 13.8 Å². The Bertz CT molecular complexity index is 1250. The number of anilines is 1. The average molecular weight is 613 g/mol. The summed E-state index contributed by atoms with van der Waals surface area (Å²) >= 11 is 12.3. The van der Waals surface area contributed by atoms with Gasteiger partial charge in [-0.25, -0.2) is 8.42 Å². The highest BCUT2D eigenvalue weighted by Crippen LogP contribution is 2.26. The van der Waals surface area contributed by atoms with Gasteiger partial charge < -0.3 is 15.0 Å². The van der Waals surface area contributed by atoms with Crippen molar-refractivity contribution in [2.75, 3.05) is 23.7 Å². The maximum atomic E-state index is 13.6. The minimum absolute atomic E-state index is 0.0670. The Balaban J connectivity index is 1.76. The van der Waals surface area contributed by atoms with Gasteiger partial charge in [0.15, 0.2) is 0 Å². The first kappa shape index (κ1) is 32.0. The molecule has 0 aliphatic heterocycles. The van der Waals surface area contributed by atoms with Gasteiger partial charge in [-0.2, -0.15) is 0 Å². The first-order valence-corrected chi connectivity index (χ1v) is 16.4. The zero-order valence-electron chi connectivity index (χ0n) is 23.4. The summed E-state index contributed by atoms with van der Waals surface area (Å²) in [5.74, 6) is 0.240. The molecule has 0 saturated heterocycles. The molecule has 0 spiro atoms. The zero-order chi connectivity index (χ0) is 29.3. The molecule has 1 aliphatic rings. The minimum Gasteiger partial charge on any atom is -0.494 e. The number of hydrogen-bond donors (Lipinski definition) is 1. The molecule has 2 aromatic rings. The van der Waals surface area contributed by atoms with E-state index in [0.717, 1.165) is 37.5 Å². The Kier molecular flexibility index (Phi) is 12.0. The van der Waals surface area contributed by atoms with Gasteiger partial charge in [-0.15, -0.1) is 0 Å². The Hall–Kier alpha value is -2.49. The van der Waals surface area contributed by atoms with E-state index in [1.54, 1.807) is 47.4 Å². The number of amides is 2. The molecule has 0 heterocycles. The summed E-state index contributed by atoms with van der Waals surface area (Å²) in [5, 5.41) is 3.90. The van der Waals surface area contributed by atoms with Crippen molar-refractivity contribution in [1.29, 1.82) is 0 Å². The van der Waals surface area contributed by atoms with Gasteiger partial charge in [0.2, 0.25) is 21.8 Å². The number of hydrogen-bond acceptors (Lipinski definition) is 5. The number of nitrogens with zero attached hydrogens (tertiary/aromatic N) is 2. The van der Waals surface area contributed by atoms with Gasteiger partial charge >= 0.3 is 0 Å². The molecule has 40 heavy (non-hydrogen) atoms. The highest BCUT2D eigenvalue weighted by Gasteiger charge is 2.31. The normalized spacial score (nSPS) is 14.5. The van der Waals surface area contributed by atoms with Gasteiger partial charge in [-0.3, -0.25) is 13.9 Å². The molecule has 1 atom stereocenters. The Morgan fingerprint density at radius 2 is 1.73 bits per heavy atom. The fourth-order valence-corrected chi connectivity index (χ4v) is 6.29. The van der Waals surface area contributed by atoms with Crippen molar-refractivity contribution in [3.05, 3.63) is 58.1 Å². The van der Waals surface area contributed by atoms with Crippen LogP contribution in [0.5, 0.6) is 5.75 Å². The van der Waals surface area contributed by atoms with Crippen molar-refractivity contribution < 1.29 is 22.7 Å². The quantitative estimate of drug-likeness (QED) is 0.291. The number of ether oxygens (including phenoxy) is 1. The Morgan fingerprint density at radius 3 is 2.30 bits per heavy atom. The van der Waals surface area contributed by atoms with Crippen molar-refractivity contribution in [3.63, 3.8) is 0 Å². The highest BCUT2D eigenvalue weighted by molar-refractivity contribution is 7.92. The standard InChI is InChI=1S/C29H39Cl2N3O5S/c1-4-27(29(36)32-22-9-6-7-10-22)33(20-21-12-17-25(30)26(31)19-21)28(35)11-8-18-34(40(3,37)38)23-13-15-24(16-14-23)39-5-2/h12-17,19,22,27H,4-11,18,20H2,1-3H3,(H,32,36). The third kappa shape index (κ3) is 9.01. The van der Waals surface area contributed by atoms with Gasteiger partial charge in [0.25, 0.3) is 0 Å². The van der Waals surface area contributed by atoms with E-state index in [9.17, 15) is 18.0 Å². The number of nitrogens with one attached hydrogen (secondary N) is 1. The van der Waals surface area contributed by atoms with Crippen LogP contribution < -0.4 is 14.4 Å². The second-order valence-corrected chi connectivity index (χ2v) is 12.8. The summed E-state index contributed by atoms with van der Waals surface area (Å²) in [6, 6.07) is 11.4. The van der Waals surface area contributed by atoms with Gasteiger partial charge in [0.05, 0.1) is 28.6 Å². The summed E-state index contributed by atoms with van der Waals surface area (Å²) in [6.07, 6.45) is 5.97. The van der Waals surface area contributed by atoms with Crippen LogP contribution in [0.3, 0.4) is 0 Å². The van der Waals surface area contributed by atoms with Gasteiger partial charge in [0.1, 0.15) is 11.8 Å². The van der Waals surface area contributed by atoms with Crippen LogP contribution >= 0.6 is 23.2 Å². The maximum Gasteiger partial charge on any atom is 0.243 e. The summed E-state index contributed by atoms with van der Waals surface area (Å²) in [7, 11) is -3.59. The maximum absolute atomic E-state index is 13.6. The SMILES string of the molecule is CCOc1ccc(N(CCCC(=O)N(Cc2ccc(Cl)c(Cl)c2)C(CC)C(=O)NC2CCCC2)S(C)(=O)=O)cc1. The van der Waals surface area contributed by atoms with Crippen molar-refractivity contribution in [3.8, 4) is 5.75 Å². The van der Waals surface area contributed by atoms with Crippen molar-refractivity contribution in [1.82, 2.24) is 10.2 Å². The van der Waals surface area contributed by atoms with E-state index in [-0.39, 0.29) is 43.8 Å². The zero-order valence-corrected chi connectivity index (χ0v) is 25.7. The van der Waals surface area contributed by atoms with E-state index in [1.165, 1.54) is 4.31 Å². The topological polar surface area (TPSA) is 96.0 Å². The van der Waals surface area contributed by atoms with Gasteiger partial charge in [-0.05, 0) is 74.6 Å². The number of sulfonamides is 1. The average Bonchev–Trinajstić information content (AvgIpc) is 3.41. The molecule has 3 rings (SSSR count). The molecule has 0 aromatic heterocycles. The van der Waals surface area contributed by atoms with Crippen LogP contribution in [0.1, 0.15) is 64.4 Å². The second-order valence-electron chi connectivity index (χ2n) is 10.0. The van der Waals surface area contributed by atoms with E-state index < -0.39 is 16.1 Å². The van der Waals surface area contributed by atoms with Crippen LogP contribution in [-0.2, 0) is 26.2 Å². The molecule has 1 fully saturated rings. The number of carbonyl (C=O) groups is 2. The van der Waals surface area contributed by atoms with Gasteiger partial charge in [0, 0.05) is 25.6 Å². The minimum atomic E-state index is -3.59. The summed E-state index contributed by atoms with van der Waals surface area (Å²) in [6.45, 7) is 4.56. The lowest BCUT2D eigenvalue weighted by molar-refractivity contribution is -0.141. The molecule has 11 heteroatoms. The molecule has 220 valence electrons. The Morgan fingerprint density at radius 1 is 1.05 bits per heavy atom. The third-order valence-electron chi connectivity index (χ3n) is 7.01. The molecule has 1 saturated carbocycles. The summed E-state index contributed by atoms with van der Waals surface area (Å²) < 4.78 is 31.9. The first-order chi connectivity index (χ1) is 19.0. The third-order valence-corrected chi connectivity index (χ3v) is 8.95. The lowest BCUT2D eigenvalue weighted by Crippen LogP contribution is -2.51. The van der Waals surface area contributed by atoms with Crippen molar-refractivity contribution in [2.45, 2.75) is 77.4 Å². The van der Waals surface area contributed by atoms with E-state index >= 15 is 0 Å². The molecule has 8 nitrogen and oxygen atoms in total. The predicted molar refractivity (Wildman–Crippen MR) is 161 cm³/mol. The number of halogens is 2. The Labute approximate surface area is 248 Å². The first-order valence-electron chi connectivity index (χ1n) is 13.8. The predicted octanol–water partition coefficient (Wildman–Crippen LogP) is 5.80. The van der Waals surface area contributed by atoms with E-state index in [0.29, 0.717) is 34.5 Å². The lowest BCUT2D eigenvalue weighted by Gasteiger charge is -2.32. The molecule has 2 aromatic carbocycles. The van der Waals surface area contributed by atoms with Crippen LogP contribution in [0.2, 0.25) is 10.0 Å². The van der Waals surface area contributed by atoms with E-state index in [2.05, 4.69) is 5.32 Å². The molecular weight excluding hydrogens is 573 g/mol. The molecule has 0 bridgehead atoms. The number of rotatable bonds is 14. The smallest absolute Gasteiger partial charge is 0.243 e. The molecule has 1 unspecified atom stereocenters. The monoisotopic (exact) mass is 611 g/mol. The van der Waals surface area contributed by atoms with Crippen LogP contribution in [0.4, 0.5) is 5.69 Å². The molecule has 2 amide bonds. The fourth-order valence-electron chi connectivity index (χ4n) is 5.00. The number of carbonyl (C=O) groups excluding carboxylic acids is 2. The molecule has 1 aliphatic carbocycles. The van der Waals surface area contributed by atoms with Gasteiger partial charge in [-0.1, -0.05) is 49.0 Å². The molecule has 1 N–H and O–H groups in total. The van der Waals surface area contributed by atoms with Crippen LogP contribution in [0, 0.1) is 0 Å². The van der Waals surface area contributed by atoms with E-state index in [4.69, 9.17) is 27.9 Å². The summed E-state index contributed by atoms with van der Waals surface area (Å²) in [5.41, 5.74) is 1.25. The largest absolute Gasteiger partial charge is 0.494 e. The second kappa shape index (κ2) is 14.9. The van der Waals surface area contributed by atoms with Crippen molar-refractivity contribution in [2.24, 2.45) is 0 Å². The molecule has 0 radical (unpaired) electrons. The van der Waals surface area contributed by atoms with Crippen molar-refractivity contribution >= 4 is 50.7 Å². The number of benzene rings is 2. The highest BCUT2D eigenvalue weighted by atomic mass is 35.5. The fraction of sp³-hybridized carbons (Fsp3) is 0.517. The molecular formula is C29H39Cl2N3O5S.